The lowest BCUT2D eigenvalue weighted by atomic mass is 9.75. The van der Waals surface area contributed by atoms with Crippen molar-refractivity contribution in [3.8, 4) is 0 Å². The highest BCUT2D eigenvalue weighted by atomic mass is 16.7. The molecular weight excluding hydrogens is 211 g/mol. The molecule has 2 N–H and O–H groups in total. The normalized spacial score (nSPS) is 43.9. The molecule has 2 saturated heterocycles. The molecular formula is C10H19BO5. The van der Waals surface area contributed by atoms with Crippen molar-refractivity contribution in [2.75, 3.05) is 6.61 Å². The summed E-state index contributed by atoms with van der Waals surface area (Å²) < 4.78 is 16.8. The Bertz CT molecular complexity index is 243. The van der Waals surface area contributed by atoms with Crippen LogP contribution < -0.4 is 0 Å². The third-order valence-corrected chi connectivity index (χ3v) is 3.20. The van der Waals surface area contributed by atoms with Gasteiger partial charge in [0.05, 0.1) is 24.9 Å². The highest BCUT2D eigenvalue weighted by Crippen LogP contribution is 2.34. The minimum absolute atomic E-state index is 0.119. The van der Waals surface area contributed by atoms with Gasteiger partial charge in [0.25, 0.3) is 0 Å². The molecule has 0 aliphatic carbocycles. The Morgan fingerprint density at radius 1 is 1.25 bits per heavy atom. The SMILES string of the molecule is CC(C)B1O[C@H]2C(CO)OC(C)C(O)[C@@H]2O1. The first-order valence-corrected chi connectivity index (χ1v) is 5.80. The molecule has 2 heterocycles. The van der Waals surface area contributed by atoms with Crippen LogP contribution in [-0.4, -0.2) is 54.5 Å². The van der Waals surface area contributed by atoms with Gasteiger partial charge in [-0.1, -0.05) is 13.8 Å². The number of hydrogen-bond acceptors (Lipinski definition) is 5. The van der Waals surface area contributed by atoms with Gasteiger partial charge in [-0.3, -0.25) is 0 Å². The molecule has 5 atom stereocenters. The molecule has 0 bridgehead atoms. The first-order chi connectivity index (χ1) is 7.54. The summed E-state index contributed by atoms with van der Waals surface area (Å²) in [6, 6.07) is 0. The van der Waals surface area contributed by atoms with Crippen molar-refractivity contribution in [3.05, 3.63) is 0 Å². The molecule has 0 aromatic heterocycles. The lowest BCUT2D eigenvalue weighted by Crippen LogP contribution is -2.56. The van der Waals surface area contributed by atoms with Crippen molar-refractivity contribution in [1.82, 2.24) is 0 Å². The number of ether oxygens (including phenoxy) is 1. The van der Waals surface area contributed by atoms with Gasteiger partial charge in [0.15, 0.2) is 0 Å². The summed E-state index contributed by atoms with van der Waals surface area (Å²) in [5.41, 5.74) is 0. The monoisotopic (exact) mass is 230 g/mol. The van der Waals surface area contributed by atoms with E-state index in [1.807, 2.05) is 13.8 Å². The summed E-state index contributed by atoms with van der Waals surface area (Å²) in [5.74, 6) is 0.215. The molecule has 92 valence electrons. The number of hydrogen-bond donors (Lipinski definition) is 2. The lowest BCUT2D eigenvalue weighted by molar-refractivity contribution is -0.190. The second kappa shape index (κ2) is 4.62. The predicted octanol–water partition coefficient (Wildman–Crippen LogP) is -0.191. The van der Waals surface area contributed by atoms with Crippen LogP contribution in [-0.2, 0) is 14.0 Å². The third-order valence-electron chi connectivity index (χ3n) is 3.20. The van der Waals surface area contributed by atoms with Gasteiger partial charge in [-0.25, -0.2) is 0 Å². The molecule has 0 radical (unpaired) electrons. The average Bonchev–Trinajstić information content (AvgIpc) is 2.68. The summed E-state index contributed by atoms with van der Waals surface area (Å²) in [7, 11) is -0.326. The largest absolute Gasteiger partial charge is 0.460 e. The van der Waals surface area contributed by atoms with Gasteiger partial charge in [-0.05, 0) is 12.7 Å². The molecule has 2 fully saturated rings. The quantitative estimate of drug-likeness (QED) is 0.643. The van der Waals surface area contributed by atoms with Gasteiger partial charge in [0.1, 0.15) is 12.2 Å². The molecule has 2 aliphatic rings. The molecule has 6 heteroatoms. The van der Waals surface area contributed by atoms with Crippen LogP contribution in [0, 0.1) is 0 Å². The fourth-order valence-corrected chi connectivity index (χ4v) is 2.23. The van der Waals surface area contributed by atoms with E-state index < -0.39 is 18.3 Å². The summed E-state index contributed by atoms with van der Waals surface area (Å²) in [6.07, 6.45) is -2.21. The fraction of sp³-hybridized carbons (Fsp3) is 1.00. The summed E-state index contributed by atoms with van der Waals surface area (Å²) in [6.45, 7) is 5.64. The Labute approximate surface area is 95.8 Å². The van der Waals surface area contributed by atoms with Crippen LogP contribution in [0.25, 0.3) is 0 Å². The summed E-state index contributed by atoms with van der Waals surface area (Å²) >= 11 is 0. The smallest absolute Gasteiger partial charge is 0.403 e. The Morgan fingerprint density at radius 2 is 1.88 bits per heavy atom. The van der Waals surface area contributed by atoms with E-state index in [9.17, 15) is 10.2 Å². The highest BCUT2D eigenvalue weighted by Gasteiger charge is 2.52. The zero-order chi connectivity index (χ0) is 11.9. The standard InChI is InChI=1S/C10H19BO5/c1-5(2)11-15-9-7(4-12)14-6(3)8(13)10(9)16-11/h5-10,12-13H,4H2,1-3H3/t6?,7?,8?,9-,10-/m0/s1. The number of fused-ring (bicyclic) bond motifs is 1. The van der Waals surface area contributed by atoms with Crippen LogP contribution in [0.5, 0.6) is 0 Å². The van der Waals surface area contributed by atoms with Gasteiger partial charge in [-0.15, -0.1) is 0 Å². The zero-order valence-electron chi connectivity index (χ0n) is 9.87. The van der Waals surface area contributed by atoms with Gasteiger partial charge in [0.2, 0.25) is 0 Å². The van der Waals surface area contributed by atoms with Crippen molar-refractivity contribution in [2.24, 2.45) is 0 Å². The molecule has 16 heavy (non-hydrogen) atoms. The maximum Gasteiger partial charge on any atom is 0.460 e. The van der Waals surface area contributed by atoms with Crippen molar-refractivity contribution < 1.29 is 24.3 Å². The molecule has 0 aromatic carbocycles. The molecule has 2 aliphatic heterocycles. The van der Waals surface area contributed by atoms with Gasteiger partial charge < -0.3 is 24.3 Å². The van der Waals surface area contributed by atoms with Gasteiger partial charge in [0, 0.05) is 0 Å². The molecule has 0 spiro atoms. The maximum absolute atomic E-state index is 9.95. The van der Waals surface area contributed by atoms with Gasteiger partial charge >= 0.3 is 7.12 Å². The number of aliphatic hydroxyl groups excluding tert-OH is 2. The Kier molecular flexibility index (Phi) is 3.56. The van der Waals surface area contributed by atoms with E-state index in [0.29, 0.717) is 0 Å². The summed E-state index contributed by atoms with van der Waals surface area (Å²) in [5, 5.41) is 19.2. The molecule has 0 saturated carbocycles. The van der Waals surface area contributed by atoms with Crippen LogP contribution in [0.3, 0.4) is 0 Å². The van der Waals surface area contributed by atoms with E-state index in [0.717, 1.165) is 0 Å². The van der Waals surface area contributed by atoms with E-state index in [-0.39, 0.29) is 31.8 Å². The predicted molar refractivity (Wildman–Crippen MR) is 58.0 cm³/mol. The van der Waals surface area contributed by atoms with E-state index in [4.69, 9.17) is 14.0 Å². The third kappa shape index (κ3) is 2.00. The molecule has 5 nitrogen and oxygen atoms in total. The molecule has 2 rings (SSSR count). The van der Waals surface area contributed by atoms with E-state index in [2.05, 4.69) is 0 Å². The average molecular weight is 230 g/mol. The van der Waals surface area contributed by atoms with E-state index in [1.54, 1.807) is 6.92 Å². The summed E-state index contributed by atoms with van der Waals surface area (Å²) in [4.78, 5) is 0. The van der Waals surface area contributed by atoms with Crippen LogP contribution in [0.4, 0.5) is 0 Å². The topological polar surface area (TPSA) is 68.2 Å². The zero-order valence-corrected chi connectivity index (χ0v) is 9.87. The van der Waals surface area contributed by atoms with Crippen molar-refractivity contribution in [1.29, 1.82) is 0 Å². The second-order valence-corrected chi connectivity index (χ2v) is 4.87. The maximum atomic E-state index is 9.95. The molecule has 3 unspecified atom stereocenters. The molecule has 0 amide bonds. The van der Waals surface area contributed by atoms with E-state index >= 15 is 0 Å². The lowest BCUT2D eigenvalue weighted by Gasteiger charge is -2.39. The van der Waals surface area contributed by atoms with Crippen LogP contribution in [0.1, 0.15) is 20.8 Å². The minimum Gasteiger partial charge on any atom is -0.403 e. The van der Waals surface area contributed by atoms with Crippen LogP contribution >= 0.6 is 0 Å². The Balaban J connectivity index is 2.12. The number of aliphatic hydroxyl groups is 2. The minimum atomic E-state index is -0.698. The fourth-order valence-electron chi connectivity index (χ4n) is 2.23. The second-order valence-electron chi connectivity index (χ2n) is 4.87. The highest BCUT2D eigenvalue weighted by molar-refractivity contribution is 6.46. The first-order valence-electron chi connectivity index (χ1n) is 5.80. The number of rotatable bonds is 2. The van der Waals surface area contributed by atoms with Crippen LogP contribution in [0.15, 0.2) is 0 Å². The van der Waals surface area contributed by atoms with Gasteiger partial charge in [-0.2, -0.15) is 0 Å². The Hall–Kier alpha value is -0.135. The Morgan fingerprint density at radius 3 is 2.44 bits per heavy atom. The van der Waals surface area contributed by atoms with Crippen molar-refractivity contribution in [3.63, 3.8) is 0 Å². The molecule has 0 aromatic rings. The van der Waals surface area contributed by atoms with Crippen molar-refractivity contribution in [2.45, 2.75) is 57.1 Å². The van der Waals surface area contributed by atoms with Crippen molar-refractivity contribution >= 4 is 7.12 Å². The first kappa shape index (κ1) is 12.3. The van der Waals surface area contributed by atoms with E-state index in [1.165, 1.54) is 0 Å². The van der Waals surface area contributed by atoms with Crippen LogP contribution in [0.2, 0.25) is 5.82 Å².